The van der Waals surface area contributed by atoms with Crippen molar-refractivity contribution < 1.29 is 13.9 Å². The number of ether oxygens (including phenoxy) is 1. The third-order valence-corrected chi connectivity index (χ3v) is 5.11. The molecule has 0 spiro atoms. The molecule has 132 valence electrons. The largest absolute Gasteiger partial charge is 0.467 e. The highest BCUT2D eigenvalue weighted by molar-refractivity contribution is 5.79. The van der Waals surface area contributed by atoms with Crippen LogP contribution in [0.5, 0.6) is 0 Å². The molecule has 0 aliphatic carbocycles. The molecule has 2 aliphatic rings. The van der Waals surface area contributed by atoms with Gasteiger partial charge in [-0.1, -0.05) is 0 Å². The zero-order chi connectivity index (χ0) is 17.1. The van der Waals surface area contributed by atoms with Crippen LogP contribution in [-0.2, 0) is 16.1 Å². The van der Waals surface area contributed by atoms with Crippen LogP contribution in [0.2, 0.25) is 0 Å². The van der Waals surface area contributed by atoms with Gasteiger partial charge in [-0.15, -0.1) is 0 Å². The summed E-state index contributed by atoms with van der Waals surface area (Å²) < 4.78 is 11.2. The minimum Gasteiger partial charge on any atom is -0.467 e. The summed E-state index contributed by atoms with van der Waals surface area (Å²) in [5, 5.41) is 3.01. The number of furan rings is 1. The van der Waals surface area contributed by atoms with Crippen LogP contribution in [0.3, 0.4) is 0 Å². The average molecular weight is 342 g/mol. The Morgan fingerprint density at radius 1 is 1.36 bits per heavy atom. The van der Waals surface area contributed by atoms with E-state index in [1.165, 1.54) is 0 Å². The van der Waals surface area contributed by atoms with Crippen molar-refractivity contribution in [1.82, 2.24) is 15.3 Å². The number of piperidine rings is 1. The Morgan fingerprint density at radius 3 is 3.12 bits per heavy atom. The van der Waals surface area contributed by atoms with Crippen molar-refractivity contribution in [3.05, 3.63) is 42.7 Å². The number of fused-ring (bicyclic) bond motifs is 1. The summed E-state index contributed by atoms with van der Waals surface area (Å²) >= 11 is 0. The Morgan fingerprint density at radius 2 is 2.32 bits per heavy atom. The average Bonchev–Trinajstić information content (AvgIpc) is 3.19. The summed E-state index contributed by atoms with van der Waals surface area (Å²) in [4.78, 5) is 23.3. The highest BCUT2D eigenvalue weighted by atomic mass is 16.5. The van der Waals surface area contributed by atoms with E-state index < -0.39 is 0 Å². The van der Waals surface area contributed by atoms with Crippen molar-refractivity contribution in [2.45, 2.75) is 25.5 Å². The number of hydrogen-bond donors (Lipinski definition) is 1. The zero-order valence-corrected chi connectivity index (χ0v) is 14.0. The predicted octanol–water partition coefficient (Wildman–Crippen LogP) is 1.62. The van der Waals surface area contributed by atoms with Crippen molar-refractivity contribution in [2.24, 2.45) is 11.8 Å². The Hall–Kier alpha value is -2.41. The van der Waals surface area contributed by atoms with Gasteiger partial charge in [-0.25, -0.2) is 9.97 Å². The van der Waals surface area contributed by atoms with Gasteiger partial charge >= 0.3 is 0 Å². The summed E-state index contributed by atoms with van der Waals surface area (Å²) in [7, 11) is 0. The molecule has 4 heterocycles. The fourth-order valence-electron chi connectivity index (χ4n) is 3.84. The van der Waals surface area contributed by atoms with E-state index in [9.17, 15) is 4.79 Å². The molecule has 25 heavy (non-hydrogen) atoms. The van der Waals surface area contributed by atoms with Crippen LogP contribution in [0.4, 0.5) is 5.82 Å². The number of nitrogens with one attached hydrogen (secondary N) is 1. The molecule has 1 N–H and O–H groups in total. The maximum Gasteiger partial charge on any atom is 0.224 e. The number of aromatic nitrogens is 2. The molecule has 0 bridgehead atoms. The quantitative estimate of drug-likeness (QED) is 0.909. The normalized spacial score (nSPS) is 26.1. The van der Waals surface area contributed by atoms with E-state index in [2.05, 4.69) is 20.2 Å². The molecular weight excluding hydrogens is 320 g/mol. The maximum atomic E-state index is 12.7. The molecular formula is C18H22N4O3. The number of hydrogen-bond acceptors (Lipinski definition) is 6. The molecule has 7 nitrogen and oxygen atoms in total. The monoisotopic (exact) mass is 342 g/mol. The molecule has 0 unspecified atom stereocenters. The van der Waals surface area contributed by atoms with E-state index in [-0.39, 0.29) is 23.8 Å². The van der Waals surface area contributed by atoms with Crippen LogP contribution in [-0.4, -0.2) is 41.7 Å². The van der Waals surface area contributed by atoms with Gasteiger partial charge in [0.2, 0.25) is 5.91 Å². The van der Waals surface area contributed by atoms with Crippen molar-refractivity contribution in [1.29, 1.82) is 0 Å². The fourth-order valence-corrected chi connectivity index (χ4v) is 3.84. The molecule has 1 amide bonds. The van der Waals surface area contributed by atoms with E-state index in [0.29, 0.717) is 13.2 Å². The summed E-state index contributed by atoms with van der Waals surface area (Å²) in [6.07, 6.45) is 6.74. The Labute approximate surface area is 146 Å². The molecule has 0 aromatic carbocycles. The van der Waals surface area contributed by atoms with Crippen LogP contribution in [0.1, 0.15) is 18.6 Å². The number of anilines is 1. The smallest absolute Gasteiger partial charge is 0.224 e. The van der Waals surface area contributed by atoms with Gasteiger partial charge in [-0.2, -0.15) is 0 Å². The van der Waals surface area contributed by atoms with Crippen LogP contribution >= 0.6 is 0 Å². The standard InChI is InChI=1S/C18H22N4O3/c23-18(20-10-13-2-1-8-24-13)14-5-9-25-16-4-7-22(11-15(14)16)17-3-6-19-12-21-17/h1-3,6,8,12,14-16H,4-5,7,9-11H2,(H,20,23)/t14-,15+,16-/m1/s1. The third kappa shape index (κ3) is 3.51. The van der Waals surface area contributed by atoms with E-state index in [4.69, 9.17) is 9.15 Å². The molecule has 0 saturated carbocycles. The lowest BCUT2D eigenvalue weighted by Gasteiger charge is -2.44. The topological polar surface area (TPSA) is 80.5 Å². The van der Waals surface area contributed by atoms with Crippen LogP contribution in [0.25, 0.3) is 0 Å². The molecule has 3 atom stereocenters. The van der Waals surface area contributed by atoms with Crippen molar-refractivity contribution in [3.63, 3.8) is 0 Å². The SMILES string of the molecule is O=C(NCc1ccco1)[C@@H]1CCO[C@@H]2CCN(c3ccncn3)C[C@H]21. The van der Waals surface area contributed by atoms with Crippen LogP contribution in [0.15, 0.2) is 41.4 Å². The molecule has 2 fully saturated rings. The number of rotatable bonds is 4. The molecule has 2 aliphatic heterocycles. The first-order valence-corrected chi connectivity index (χ1v) is 8.74. The van der Waals surface area contributed by atoms with Crippen LogP contribution in [0, 0.1) is 11.8 Å². The second kappa shape index (κ2) is 7.23. The first-order chi connectivity index (χ1) is 12.3. The summed E-state index contributed by atoms with van der Waals surface area (Å²) in [6.45, 7) is 2.74. The van der Waals surface area contributed by atoms with Gasteiger partial charge in [-0.05, 0) is 31.0 Å². The second-order valence-corrected chi connectivity index (χ2v) is 6.57. The Balaban J connectivity index is 1.43. The number of carbonyl (C=O) groups excluding carboxylic acids is 1. The van der Waals surface area contributed by atoms with E-state index >= 15 is 0 Å². The predicted molar refractivity (Wildman–Crippen MR) is 90.8 cm³/mol. The minimum absolute atomic E-state index is 0.0432. The van der Waals surface area contributed by atoms with E-state index in [0.717, 1.165) is 37.5 Å². The number of nitrogens with zero attached hydrogens (tertiary/aromatic N) is 3. The number of amides is 1. The molecule has 2 saturated heterocycles. The highest BCUT2D eigenvalue weighted by Gasteiger charge is 2.41. The van der Waals surface area contributed by atoms with E-state index in [1.807, 2.05) is 18.2 Å². The third-order valence-electron chi connectivity index (χ3n) is 5.11. The van der Waals surface area contributed by atoms with Crippen LogP contribution < -0.4 is 10.2 Å². The molecule has 7 heteroatoms. The summed E-state index contributed by atoms with van der Waals surface area (Å²) in [5.41, 5.74) is 0. The van der Waals surface area contributed by atoms with Gasteiger partial charge in [0.15, 0.2) is 0 Å². The fraction of sp³-hybridized carbons (Fsp3) is 0.500. The van der Waals surface area contributed by atoms with Crippen molar-refractivity contribution in [3.8, 4) is 0 Å². The lowest BCUT2D eigenvalue weighted by molar-refractivity contribution is -0.137. The molecule has 4 rings (SSSR count). The summed E-state index contributed by atoms with van der Waals surface area (Å²) in [5.74, 6) is 1.89. The van der Waals surface area contributed by atoms with Gasteiger partial charge in [-0.3, -0.25) is 4.79 Å². The van der Waals surface area contributed by atoms with Gasteiger partial charge in [0.05, 0.1) is 18.9 Å². The Bertz CT molecular complexity index is 692. The first-order valence-electron chi connectivity index (χ1n) is 8.74. The molecule has 0 radical (unpaired) electrons. The van der Waals surface area contributed by atoms with Crippen molar-refractivity contribution in [2.75, 3.05) is 24.6 Å². The lowest BCUT2D eigenvalue weighted by atomic mass is 9.79. The number of carbonyl (C=O) groups is 1. The van der Waals surface area contributed by atoms with E-state index in [1.54, 1.807) is 18.8 Å². The van der Waals surface area contributed by atoms with Crippen molar-refractivity contribution >= 4 is 11.7 Å². The molecule has 2 aromatic rings. The highest BCUT2D eigenvalue weighted by Crippen LogP contribution is 2.34. The second-order valence-electron chi connectivity index (χ2n) is 6.57. The van der Waals surface area contributed by atoms with Gasteiger partial charge < -0.3 is 19.4 Å². The van der Waals surface area contributed by atoms with Gasteiger partial charge in [0.1, 0.15) is 17.9 Å². The van der Waals surface area contributed by atoms with Gasteiger partial charge in [0, 0.05) is 37.7 Å². The Kier molecular flexibility index (Phi) is 4.65. The molecule has 2 aromatic heterocycles. The zero-order valence-electron chi connectivity index (χ0n) is 14.0. The van der Waals surface area contributed by atoms with Gasteiger partial charge in [0.25, 0.3) is 0 Å². The summed E-state index contributed by atoms with van der Waals surface area (Å²) in [6, 6.07) is 5.60. The lowest BCUT2D eigenvalue weighted by Crippen LogP contribution is -2.53. The maximum absolute atomic E-state index is 12.7. The minimum atomic E-state index is -0.0432. The first kappa shape index (κ1) is 16.1.